The van der Waals surface area contributed by atoms with Crippen LogP contribution < -0.4 is 0 Å². The van der Waals surface area contributed by atoms with Gasteiger partial charge in [0.1, 0.15) is 0 Å². The second-order valence-corrected chi connectivity index (χ2v) is 7.22. The van der Waals surface area contributed by atoms with Crippen molar-refractivity contribution in [2.45, 2.75) is 8.91 Å². The summed E-state index contributed by atoms with van der Waals surface area (Å²) in [7, 11) is -1.20. The Balaban J connectivity index is 4.66. The van der Waals surface area contributed by atoms with Crippen LogP contribution in [-0.2, 0) is 13.6 Å². The first-order valence-corrected chi connectivity index (χ1v) is 5.88. The Labute approximate surface area is 90.7 Å². The van der Waals surface area contributed by atoms with Gasteiger partial charge in [0, 0.05) is 14.2 Å². The summed E-state index contributed by atoms with van der Waals surface area (Å²) in [5.41, 5.74) is 0. The van der Waals surface area contributed by atoms with Crippen LogP contribution in [0.15, 0.2) is 0 Å². The van der Waals surface area contributed by atoms with Crippen LogP contribution in [0.3, 0.4) is 0 Å². The number of hydrogen-bond donors (Lipinski definition) is 0. The molecule has 1 atom stereocenters. The number of hydrogen-bond acceptors (Lipinski definition) is 3. The molecule has 0 aliphatic carbocycles. The topological polar surface area (TPSA) is 35.5 Å². The van der Waals surface area contributed by atoms with Gasteiger partial charge in [0.15, 0.2) is 5.12 Å². The van der Waals surface area contributed by atoms with Gasteiger partial charge < -0.3 is 9.05 Å². The van der Waals surface area contributed by atoms with Crippen LogP contribution in [-0.4, -0.2) is 23.1 Å². The van der Waals surface area contributed by atoms with Crippen molar-refractivity contribution in [2.24, 2.45) is 0 Å². The number of halogens is 4. The molecular weight excluding hydrogens is 269 g/mol. The second-order valence-electron chi connectivity index (χ2n) is 1.78. The van der Waals surface area contributed by atoms with Crippen LogP contribution in [0.25, 0.3) is 0 Å². The Morgan fingerprint density at radius 2 is 1.58 bits per heavy atom. The normalized spacial score (nSPS) is 16.2. The molecule has 12 heavy (non-hydrogen) atoms. The molecule has 3 nitrogen and oxygen atoms in total. The van der Waals surface area contributed by atoms with Gasteiger partial charge >= 0.3 is 7.60 Å². The number of rotatable bonds is 3. The molecule has 8 heteroatoms. The first kappa shape index (κ1) is 13.3. The van der Waals surface area contributed by atoms with E-state index in [-0.39, 0.29) is 0 Å². The molecule has 0 spiro atoms. The van der Waals surface area contributed by atoms with E-state index in [1.807, 2.05) is 0 Å². The van der Waals surface area contributed by atoms with Crippen LogP contribution in [0.1, 0.15) is 0 Å². The molecule has 0 saturated heterocycles. The summed E-state index contributed by atoms with van der Waals surface area (Å²) in [6.07, 6.45) is 0. The van der Waals surface area contributed by atoms with Crippen molar-refractivity contribution < 1.29 is 13.6 Å². The molecule has 0 aliphatic heterocycles. The standard InChI is InChI=1S/C4H7Cl4O3P/c1-10-12(9,11-2)3(5)4(6,7)8/h3H,1-2H3. The summed E-state index contributed by atoms with van der Waals surface area (Å²) in [6.45, 7) is 0. The minimum absolute atomic E-state index is 1.16. The zero-order valence-electron chi connectivity index (χ0n) is 6.26. The number of alkyl halides is 4. The van der Waals surface area contributed by atoms with Gasteiger partial charge in [0.05, 0.1) is 0 Å². The Morgan fingerprint density at radius 1 is 1.25 bits per heavy atom. The average Bonchev–Trinajstić information content (AvgIpc) is 2.00. The maximum absolute atomic E-state index is 11.5. The first-order chi connectivity index (χ1) is 5.28. The van der Waals surface area contributed by atoms with Crippen LogP contribution in [0, 0.1) is 0 Å². The van der Waals surface area contributed by atoms with E-state index in [1.54, 1.807) is 0 Å². The van der Waals surface area contributed by atoms with Crippen LogP contribution in [0.4, 0.5) is 0 Å². The Morgan fingerprint density at radius 3 is 1.67 bits per heavy atom. The summed E-state index contributed by atoms with van der Waals surface area (Å²) >= 11 is 21.7. The monoisotopic (exact) mass is 274 g/mol. The molecule has 74 valence electrons. The Kier molecular flexibility index (Phi) is 5.21. The fraction of sp³-hybridized carbons (Fsp3) is 1.00. The van der Waals surface area contributed by atoms with Gasteiger partial charge in [0.2, 0.25) is 3.79 Å². The smallest absolute Gasteiger partial charge is 0.311 e. The molecule has 0 bridgehead atoms. The SMILES string of the molecule is COP(=O)(OC)C(Cl)C(Cl)(Cl)Cl. The predicted molar refractivity (Wildman–Crippen MR) is 51.6 cm³/mol. The fourth-order valence-corrected chi connectivity index (χ4v) is 2.87. The van der Waals surface area contributed by atoms with Crippen molar-refractivity contribution in [3.8, 4) is 0 Å². The zero-order valence-corrected chi connectivity index (χ0v) is 10.2. The molecule has 0 aromatic heterocycles. The van der Waals surface area contributed by atoms with Gasteiger partial charge in [-0.3, -0.25) is 4.57 Å². The van der Waals surface area contributed by atoms with Gasteiger partial charge in [-0.25, -0.2) is 0 Å². The van der Waals surface area contributed by atoms with E-state index in [9.17, 15) is 4.57 Å². The molecule has 0 radical (unpaired) electrons. The van der Waals surface area contributed by atoms with Gasteiger partial charge in [-0.1, -0.05) is 34.8 Å². The highest BCUT2D eigenvalue weighted by atomic mass is 35.6. The minimum Gasteiger partial charge on any atom is -0.311 e. The lowest BCUT2D eigenvalue weighted by molar-refractivity contribution is 0.273. The highest BCUT2D eigenvalue weighted by molar-refractivity contribution is 7.57. The van der Waals surface area contributed by atoms with E-state index in [2.05, 4.69) is 9.05 Å². The molecular formula is C4H7Cl4O3P. The summed E-state index contributed by atoms with van der Waals surface area (Å²) in [6, 6.07) is 0. The highest BCUT2D eigenvalue weighted by Crippen LogP contribution is 2.60. The van der Waals surface area contributed by atoms with Crippen LogP contribution >= 0.6 is 54.0 Å². The maximum atomic E-state index is 11.5. The molecule has 0 amide bonds. The van der Waals surface area contributed by atoms with E-state index >= 15 is 0 Å². The molecule has 0 rings (SSSR count). The summed E-state index contributed by atoms with van der Waals surface area (Å²) < 4.78 is 18.6. The highest BCUT2D eigenvalue weighted by Gasteiger charge is 2.46. The lowest BCUT2D eigenvalue weighted by Crippen LogP contribution is -2.21. The van der Waals surface area contributed by atoms with Gasteiger partial charge in [-0.2, -0.15) is 0 Å². The second kappa shape index (κ2) is 4.70. The van der Waals surface area contributed by atoms with Crippen LogP contribution in [0.5, 0.6) is 0 Å². The molecule has 0 aromatic carbocycles. The molecule has 1 unspecified atom stereocenters. The molecule has 0 heterocycles. The lowest BCUT2D eigenvalue weighted by Gasteiger charge is -2.24. The Bertz CT molecular complexity index is 183. The molecule has 0 fully saturated rings. The fourth-order valence-electron chi connectivity index (χ4n) is 0.439. The van der Waals surface area contributed by atoms with E-state index in [0.29, 0.717) is 0 Å². The average molecular weight is 276 g/mol. The van der Waals surface area contributed by atoms with Crippen molar-refractivity contribution in [1.29, 1.82) is 0 Å². The molecule has 0 N–H and O–H groups in total. The minimum atomic E-state index is -3.52. The van der Waals surface area contributed by atoms with Gasteiger partial charge in [-0.15, -0.1) is 11.6 Å². The first-order valence-electron chi connectivity index (χ1n) is 2.70. The third kappa shape index (κ3) is 3.22. The predicted octanol–water partition coefficient (Wildman–Crippen LogP) is 3.41. The third-order valence-corrected chi connectivity index (χ3v) is 5.51. The van der Waals surface area contributed by atoms with Gasteiger partial charge in [-0.05, 0) is 0 Å². The maximum Gasteiger partial charge on any atom is 0.352 e. The largest absolute Gasteiger partial charge is 0.352 e. The zero-order chi connectivity index (χ0) is 9.99. The van der Waals surface area contributed by atoms with Crippen molar-refractivity contribution in [3.63, 3.8) is 0 Å². The Hall–Kier alpha value is 1.31. The summed E-state index contributed by atoms with van der Waals surface area (Å²) in [5, 5.41) is -1.33. The van der Waals surface area contributed by atoms with E-state index < -0.39 is 16.5 Å². The van der Waals surface area contributed by atoms with Crippen molar-refractivity contribution in [2.75, 3.05) is 14.2 Å². The van der Waals surface area contributed by atoms with Crippen molar-refractivity contribution in [1.82, 2.24) is 0 Å². The van der Waals surface area contributed by atoms with Crippen LogP contribution in [0.2, 0.25) is 0 Å². The summed E-state index contributed by atoms with van der Waals surface area (Å²) in [4.78, 5) is 0. The molecule has 0 aliphatic rings. The summed E-state index contributed by atoms with van der Waals surface area (Å²) in [5.74, 6) is 0. The van der Waals surface area contributed by atoms with E-state index in [1.165, 1.54) is 0 Å². The third-order valence-electron chi connectivity index (χ3n) is 1.06. The van der Waals surface area contributed by atoms with Gasteiger partial charge in [0.25, 0.3) is 0 Å². The molecule has 0 aromatic rings. The quantitative estimate of drug-likeness (QED) is 0.585. The lowest BCUT2D eigenvalue weighted by atomic mass is 10.9. The van der Waals surface area contributed by atoms with E-state index in [4.69, 9.17) is 46.4 Å². The van der Waals surface area contributed by atoms with Crippen molar-refractivity contribution in [3.05, 3.63) is 0 Å². The molecule has 0 saturated carbocycles. The van der Waals surface area contributed by atoms with E-state index in [0.717, 1.165) is 14.2 Å². The van der Waals surface area contributed by atoms with Crippen molar-refractivity contribution >= 4 is 54.0 Å².